The number of aryl methyl sites for hydroxylation is 1. The van der Waals surface area contributed by atoms with E-state index in [9.17, 15) is 14.0 Å². The van der Waals surface area contributed by atoms with Crippen LogP contribution in [0.5, 0.6) is 0 Å². The van der Waals surface area contributed by atoms with E-state index in [2.05, 4.69) is 21.2 Å². The third kappa shape index (κ3) is 5.06. The number of rotatable bonds is 4. The Morgan fingerprint density at radius 1 is 1.33 bits per heavy atom. The number of amides is 1. The number of fused-ring (bicyclic) bond motifs is 1. The van der Waals surface area contributed by atoms with Crippen LogP contribution in [0, 0.1) is 5.82 Å². The molecule has 0 spiro atoms. The van der Waals surface area contributed by atoms with Crippen LogP contribution in [0.25, 0.3) is 10.8 Å². The molecular weight excluding hydrogens is 381 g/mol. The number of benzene rings is 1. The highest BCUT2D eigenvalue weighted by Crippen LogP contribution is 2.22. The van der Waals surface area contributed by atoms with Crippen molar-refractivity contribution in [3.63, 3.8) is 0 Å². The highest BCUT2D eigenvalue weighted by Gasteiger charge is 2.15. The van der Waals surface area contributed by atoms with Crippen molar-refractivity contribution in [2.24, 2.45) is 0 Å². The molecule has 0 aliphatic carbocycles. The van der Waals surface area contributed by atoms with Gasteiger partial charge in [0.15, 0.2) is 0 Å². The number of ether oxygens (including phenoxy) is 1. The van der Waals surface area contributed by atoms with Gasteiger partial charge in [0, 0.05) is 13.0 Å². The molecule has 0 saturated carbocycles. The summed E-state index contributed by atoms with van der Waals surface area (Å²) in [5.41, 5.74) is -1.12. The van der Waals surface area contributed by atoms with Crippen LogP contribution in [-0.4, -0.2) is 18.2 Å². The summed E-state index contributed by atoms with van der Waals surface area (Å²) in [6.45, 7) is 5.76. The van der Waals surface area contributed by atoms with Crippen LogP contribution in [0.15, 0.2) is 31.9 Å². The quantitative estimate of drug-likeness (QED) is 0.783. The lowest BCUT2D eigenvalue weighted by atomic mass is 10.1. The van der Waals surface area contributed by atoms with E-state index in [0.717, 1.165) is 6.07 Å². The van der Waals surface area contributed by atoms with Crippen molar-refractivity contribution in [3.8, 4) is 0 Å². The van der Waals surface area contributed by atoms with Gasteiger partial charge in [0.2, 0.25) is 0 Å². The molecule has 0 fully saturated rings. The summed E-state index contributed by atoms with van der Waals surface area (Å²) in [4.78, 5) is 23.4. The molecule has 0 aliphatic heterocycles. The number of carbonyl (C=O) groups is 1. The largest absolute Gasteiger partial charge is 0.444 e. The molecule has 24 heavy (non-hydrogen) atoms. The Morgan fingerprint density at radius 3 is 2.71 bits per heavy atom. The molecule has 0 radical (unpaired) electrons. The molecule has 130 valence electrons. The number of hydrogen-bond acceptors (Lipinski definition) is 4. The first-order valence-electron chi connectivity index (χ1n) is 7.54. The van der Waals surface area contributed by atoms with Crippen LogP contribution >= 0.6 is 15.9 Å². The van der Waals surface area contributed by atoms with Crippen molar-refractivity contribution in [1.29, 1.82) is 0 Å². The third-order valence-corrected chi connectivity index (χ3v) is 3.73. The number of halogens is 2. The first-order chi connectivity index (χ1) is 11.2. The number of nitrogens with one attached hydrogen (secondary N) is 1. The fraction of sp³-hybridized carbons (Fsp3) is 0.412. The van der Waals surface area contributed by atoms with Gasteiger partial charge in [0.25, 0.3) is 0 Å². The standard InChI is InChI=1S/C17H19BrFNO4/c1-17(2,3)24-16(22)20-6-4-5-11-7-10-8-13(18)14(19)9-12(10)15(21)23-11/h7-9H,4-6H2,1-3H3,(H,20,22). The van der Waals surface area contributed by atoms with Crippen LogP contribution in [0.2, 0.25) is 0 Å². The van der Waals surface area contributed by atoms with Crippen molar-refractivity contribution in [3.05, 3.63) is 44.7 Å². The Hall–Kier alpha value is -1.89. The zero-order valence-electron chi connectivity index (χ0n) is 13.7. The average Bonchev–Trinajstić information content (AvgIpc) is 2.44. The topological polar surface area (TPSA) is 68.5 Å². The Bertz CT molecular complexity index is 811. The van der Waals surface area contributed by atoms with Gasteiger partial charge in [-0.3, -0.25) is 0 Å². The van der Waals surface area contributed by atoms with Gasteiger partial charge in [-0.1, -0.05) is 0 Å². The highest BCUT2D eigenvalue weighted by molar-refractivity contribution is 9.10. The first-order valence-corrected chi connectivity index (χ1v) is 8.33. The molecular formula is C17H19BrFNO4. The normalized spacial score (nSPS) is 11.5. The minimum atomic E-state index is -0.575. The molecule has 7 heteroatoms. The van der Waals surface area contributed by atoms with Gasteiger partial charge in [-0.2, -0.15) is 0 Å². The maximum Gasteiger partial charge on any atom is 0.407 e. The monoisotopic (exact) mass is 399 g/mol. The molecule has 1 aromatic carbocycles. The van der Waals surface area contributed by atoms with E-state index >= 15 is 0 Å². The fourth-order valence-electron chi connectivity index (χ4n) is 2.13. The zero-order valence-corrected chi connectivity index (χ0v) is 15.3. The van der Waals surface area contributed by atoms with Crippen LogP contribution in [0.3, 0.4) is 0 Å². The summed E-state index contributed by atoms with van der Waals surface area (Å²) in [6, 6.07) is 4.40. The maximum absolute atomic E-state index is 13.5. The molecule has 1 amide bonds. The second kappa shape index (κ2) is 7.34. The summed E-state index contributed by atoms with van der Waals surface area (Å²) in [6.07, 6.45) is 0.563. The summed E-state index contributed by atoms with van der Waals surface area (Å²) in [5.74, 6) is -0.0268. The predicted molar refractivity (Wildman–Crippen MR) is 92.7 cm³/mol. The molecule has 0 bridgehead atoms. The number of carbonyl (C=O) groups excluding carboxylic acids is 1. The molecule has 2 aromatic rings. The molecule has 1 aromatic heterocycles. The molecule has 0 aliphatic rings. The van der Waals surface area contributed by atoms with Gasteiger partial charge < -0.3 is 14.5 Å². The molecule has 0 unspecified atom stereocenters. The zero-order chi connectivity index (χ0) is 17.9. The van der Waals surface area contributed by atoms with Crippen LogP contribution in [-0.2, 0) is 11.2 Å². The lowest BCUT2D eigenvalue weighted by Gasteiger charge is -2.19. The predicted octanol–water partition coefficient (Wildman–Crippen LogP) is 4.15. The van der Waals surface area contributed by atoms with Gasteiger partial charge in [-0.05, 0) is 66.7 Å². The van der Waals surface area contributed by atoms with Gasteiger partial charge in [-0.25, -0.2) is 14.0 Å². The van der Waals surface area contributed by atoms with Crippen LogP contribution in [0.4, 0.5) is 9.18 Å². The lowest BCUT2D eigenvalue weighted by molar-refractivity contribution is 0.0527. The smallest absolute Gasteiger partial charge is 0.407 e. The molecule has 0 atom stereocenters. The Kier molecular flexibility index (Phi) is 5.64. The Labute approximate surface area is 147 Å². The number of hydrogen-bond donors (Lipinski definition) is 1. The molecule has 2 rings (SSSR count). The summed E-state index contributed by atoms with van der Waals surface area (Å²) < 4.78 is 24.1. The second-order valence-corrected chi connectivity index (χ2v) is 7.24. The van der Waals surface area contributed by atoms with Gasteiger partial charge in [0.05, 0.1) is 9.86 Å². The van der Waals surface area contributed by atoms with E-state index < -0.39 is 23.1 Å². The van der Waals surface area contributed by atoms with E-state index in [-0.39, 0.29) is 9.86 Å². The summed E-state index contributed by atoms with van der Waals surface area (Å²) >= 11 is 3.10. The van der Waals surface area contributed by atoms with Crippen LogP contribution < -0.4 is 10.9 Å². The Morgan fingerprint density at radius 2 is 2.04 bits per heavy atom. The van der Waals surface area contributed by atoms with E-state index in [1.165, 1.54) is 0 Å². The molecule has 0 saturated heterocycles. The Balaban J connectivity index is 1.97. The van der Waals surface area contributed by atoms with Crippen molar-refractivity contribution in [1.82, 2.24) is 5.32 Å². The second-order valence-electron chi connectivity index (χ2n) is 6.39. The minimum Gasteiger partial charge on any atom is -0.444 e. The van der Waals surface area contributed by atoms with Crippen LogP contribution in [0.1, 0.15) is 33.0 Å². The van der Waals surface area contributed by atoms with E-state index in [4.69, 9.17) is 9.15 Å². The number of alkyl carbamates (subject to hydrolysis) is 1. The third-order valence-electron chi connectivity index (χ3n) is 3.12. The fourth-order valence-corrected chi connectivity index (χ4v) is 2.49. The lowest BCUT2D eigenvalue weighted by Crippen LogP contribution is -2.33. The van der Waals surface area contributed by atoms with Crippen molar-refractivity contribution in [2.45, 2.75) is 39.2 Å². The SMILES string of the molecule is CC(C)(C)OC(=O)NCCCc1cc2cc(Br)c(F)cc2c(=O)o1. The van der Waals surface area contributed by atoms with Gasteiger partial charge >= 0.3 is 11.7 Å². The van der Waals surface area contributed by atoms with E-state index in [1.807, 2.05) is 0 Å². The maximum atomic E-state index is 13.5. The molecule has 5 nitrogen and oxygen atoms in total. The minimum absolute atomic E-state index is 0.200. The van der Waals surface area contributed by atoms with Gasteiger partial charge in [0.1, 0.15) is 17.2 Å². The highest BCUT2D eigenvalue weighted by atomic mass is 79.9. The van der Waals surface area contributed by atoms with Crippen molar-refractivity contribution < 1.29 is 18.3 Å². The first kappa shape index (κ1) is 18.4. The van der Waals surface area contributed by atoms with Crippen molar-refractivity contribution in [2.75, 3.05) is 6.54 Å². The average molecular weight is 400 g/mol. The van der Waals surface area contributed by atoms with Gasteiger partial charge in [-0.15, -0.1) is 0 Å². The summed E-state index contributed by atoms with van der Waals surface area (Å²) in [7, 11) is 0. The summed E-state index contributed by atoms with van der Waals surface area (Å²) in [5, 5.41) is 3.45. The van der Waals surface area contributed by atoms with E-state index in [1.54, 1.807) is 32.9 Å². The van der Waals surface area contributed by atoms with E-state index in [0.29, 0.717) is 30.5 Å². The molecule has 1 heterocycles. The van der Waals surface area contributed by atoms with Crippen molar-refractivity contribution >= 4 is 32.8 Å². The molecule has 1 N–H and O–H groups in total.